The van der Waals surface area contributed by atoms with Crippen LogP contribution in [0, 0.1) is 11.6 Å². The number of rotatable bonds is 12. The Kier molecular flexibility index (Phi) is 9.73. The molecule has 0 saturated carbocycles. The summed E-state index contributed by atoms with van der Waals surface area (Å²) in [6.45, 7) is 0.784. The Morgan fingerprint density at radius 3 is 2.39 bits per heavy atom. The van der Waals surface area contributed by atoms with Gasteiger partial charge in [0.1, 0.15) is 22.6 Å². The van der Waals surface area contributed by atoms with Crippen LogP contribution in [0.5, 0.6) is 0 Å². The minimum Gasteiger partial charge on any atom is -0.372 e. The van der Waals surface area contributed by atoms with Crippen LogP contribution in [0.15, 0.2) is 53.4 Å². The fourth-order valence-corrected chi connectivity index (χ4v) is 4.71. The maximum Gasteiger partial charge on any atom is 0.244 e. The second-order valence-electron chi connectivity index (χ2n) is 6.90. The number of hydrogen-bond donors (Lipinski definition) is 2. The number of nitrogens with one attached hydrogen (secondary N) is 2. The van der Waals surface area contributed by atoms with Gasteiger partial charge in [-0.2, -0.15) is 16.5 Å². The summed E-state index contributed by atoms with van der Waals surface area (Å²) < 4.78 is 55.2. The minimum atomic E-state index is -4.20. The molecule has 0 radical (unpaired) electrons. The molecule has 0 aliphatic heterocycles. The van der Waals surface area contributed by atoms with Crippen molar-refractivity contribution in [2.24, 2.45) is 0 Å². The van der Waals surface area contributed by atoms with Gasteiger partial charge in [0.05, 0.1) is 5.69 Å². The number of para-hydroxylation sites is 1. The topological polar surface area (TPSA) is 78.5 Å². The number of nitrogens with zero attached hydrogens (tertiary/aromatic N) is 1. The maximum atomic E-state index is 13.9. The molecule has 31 heavy (non-hydrogen) atoms. The van der Waals surface area contributed by atoms with Crippen LogP contribution in [0.25, 0.3) is 0 Å². The smallest absolute Gasteiger partial charge is 0.244 e. The average molecular weight is 472 g/mol. The van der Waals surface area contributed by atoms with Gasteiger partial charge in [-0.15, -0.1) is 0 Å². The van der Waals surface area contributed by atoms with E-state index < -0.39 is 32.7 Å². The molecular formula is C21H27F2N3O3S2. The number of carbonyl (C=O) groups excluding carboxylic acids is 1. The van der Waals surface area contributed by atoms with Crippen molar-refractivity contribution < 1.29 is 22.0 Å². The van der Waals surface area contributed by atoms with Crippen LogP contribution < -0.4 is 14.9 Å². The summed E-state index contributed by atoms with van der Waals surface area (Å²) in [5.74, 6) is -1.14. The first-order chi connectivity index (χ1) is 14.8. The third kappa shape index (κ3) is 7.48. The first kappa shape index (κ1) is 25.1. The van der Waals surface area contributed by atoms with Crippen LogP contribution in [-0.4, -0.2) is 52.5 Å². The summed E-state index contributed by atoms with van der Waals surface area (Å²) in [4.78, 5) is 13.8. The van der Waals surface area contributed by atoms with Gasteiger partial charge in [0, 0.05) is 20.1 Å². The largest absolute Gasteiger partial charge is 0.372 e. The van der Waals surface area contributed by atoms with Crippen molar-refractivity contribution in [3.63, 3.8) is 0 Å². The second-order valence-corrected chi connectivity index (χ2v) is 9.57. The van der Waals surface area contributed by atoms with Crippen molar-refractivity contribution in [2.45, 2.75) is 23.8 Å². The molecule has 6 nitrogen and oxygen atoms in total. The molecule has 0 bridgehead atoms. The van der Waals surface area contributed by atoms with Crippen molar-refractivity contribution in [1.29, 1.82) is 0 Å². The minimum absolute atomic E-state index is 0.260. The lowest BCUT2D eigenvalue weighted by Gasteiger charge is -2.21. The van der Waals surface area contributed by atoms with Gasteiger partial charge in [-0.3, -0.25) is 4.79 Å². The predicted octanol–water partition coefficient (Wildman–Crippen LogP) is 3.01. The molecule has 0 aliphatic rings. The highest BCUT2D eigenvalue weighted by Crippen LogP contribution is 2.17. The van der Waals surface area contributed by atoms with Crippen molar-refractivity contribution in [3.05, 3.63) is 60.2 Å². The molecule has 2 rings (SSSR count). The van der Waals surface area contributed by atoms with E-state index in [1.165, 1.54) is 30.0 Å². The van der Waals surface area contributed by atoms with Crippen molar-refractivity contribution in [3.8, 4) is 0 Å². The van der Waals surface area contributed by atoms with E-state index >= 15 is 0 Å². The Labute approximate surface area is 186 Å². The highest BCUT2D eigenvalue weighted by Gasteiger charge is 2.27. The molecule has 0 saturated heterocycles. The highest BCUT2D eigenvalue weighted by atomic mass is 32.2. The summed E-state index contributed by atoms with van der Waals surface area (Å²) in [5.41, 5.74) is 0.462. The van der Waals surface area contributed by atoms with Crippen LogP contribution >= 0.6 is 11.8 Å². The normalized spacial score (nSPS) is 12.4. The molecule has 1 unspecified atom stereocenters. The summed E-state index contributed by atoms with van der Waals surface area (Å²) in [7, 11) is -2.44. The number of sulfonamides is 1. The van der Waals surface area contributed by atoms with Gasteiger partial charge < -0.3 is 10.2 Å². The van der Waals surface area contributed by atoms with Gasteiger partial charge in [-0.1, -0.05) is 24.3 Å². The fraction of sp³-hybridized carbons (Fsp3) is 0.381. The average Bonchev–Trinajstić information content (AvgIpc) is 2.74. The Balaban J connectivity index is 1.94. The lowest BCUT2D eigenvalue weighted by atomic mass is 10.2. The Morgan fingerprint density at radius 2 is 1.74 bits per heavy atom. The fourth-order valence-electron chi connectivity index (χ4n) is 2.93. The van der Waals surface area contributed by atoms with Crippen LogP contribution in [-0.2, 0) is 14.8 Å². The zero-order chi connectivity index (χ0) is 22.9. The quantitative estimate of drug-likeness (QED) is 0.466. The number of benzene rings is 2. The van der Waals surface area contributed by atoms with E-state index in [-0.39, 0.29) is 18.8 Å². The third-order valence-corrected chi connectivity index (χ3v) is 6.73. The molecule has 0 aliphatic carbocycles. The molecule has 1 amide bonds. The summed E-state index contributed by atoms with van der Waals surface area (Å²) >= 11 is 1.47. The Morgan fingerprint density at radius 1 is 1.10 bits per heavy atom. The van der Waals surface area contributed by atoms with Crippen molar-refractivity contribution in [1.82, 2.24) is 10.0 Å². The molecule has 2 N–H and O–H groups in total. The zero-order valence-corrected chi connectivity index (χ0v) is 19.1. The number of anilines is 1. The molecule has 10 heteroatoms. The monoisotopic (exact) mass is 471 g/mol. The molecule has 2 aromatic rings. The summed E-state index contributed by atoms with van der Waals surface area (Å²) in [5, 5.41) is 2.71. The van der Waals surface area contributed by atoms with Gasteiger partial charge in [0.15, 0.2) is 0 Å². The van der Waals surface area contributed by atoms with E-state index in [9.17, 15) is 22.0 Å². The van der Waals surface area contributed by atoms with Crippen LogP contribution in [0.3, 0.4) is 0 Å². The second kappa shape index (κ2) is 12.0. The molecular weight excluding hydrogens is 444 g/mol. The number of halogens is 2. The number of thioether (sulfide) groups is 1. The standard InChI is InChI=1S/C21H27F2N3O3S2/c1-26(19-10-5-3-8-16(19)22)14-7-13-24-21(27)18(12-15-30-2)25-31(28,29)20-11-6-4-9-17(20)23/h3-6,8-11,18,25H,7,12-15H2,1-2H3,(H,24,27). The molecule has 0 fully saturated rings. The van der Waals surface area contributed by atoms with E-state index in [4.69, 9.17) is 0 Å². The van der Waals surface area contributed by atoms with Crippen LogP contribution in [0.4, 0.5) is 14.5 Å². The number of amides is 1. The molecule has 1 atom stereocenters. The molecule has 170 valence electrons. The molecule has 0 spiro atoms. The van der Waals surface area contributed by atoms with E-state index in [2.05, 4.69) is 10.0 Å². The Hall–Kier alpha value is -2.17. The van der Waals surface area contributed by atoms with E-state index in [1.807, 2.05) is 6.26 Å². The Bertz CT molecular complexity index is 974. The predicted molar refractivity (Wildman–Crippen MR) is 121 cm³/mol. The number of hydrogen-bond acceptors (Lipinski definition) is 5. The first-order valence-electron chi connectivity index (χ1n) is 9.75. The summed E-state index contributed by atoms with van der Waals surface area (Å²) in [6, 6.07) is 10.4. The van der Waals surface area contributed by atoms with Gasteiger partial charge in [0.25, 0.3) is 0 Å². The van der Waals surface area contributed by atoms with E-state index in [0.29, 0.717) is 24.4 Å². The molecule has 0 aromatic heterocycles. The van der Waals surface area contributed by atoms with Crippen molar-refractivity contribution in [2.75, 3.05) is 37.0 Å². The maximum absolute atomic E-state index is 13.9. The van der Waals surface area contributed by atoms with Gasteiger partial charge in [0.2, 0.25) is 15.9 Å². The van der Waals surface area contributed by atoms with Crippen molar-refractivity contribution >= 4 is 33.4 Å². The van der Waals surface area contributed by atoms with Gasteiger partial charge >= 0.3 is 0 Å². The molecule has 2 aromatic carbocycles. The lowest BCUT2D eigenvalue weighted by molar-refractivity contribution is -0.122. The van der Waals surface area contributed by atoms with E-state index in [0.717, 1.165) is 12.1 Å². The van der Waals surface area contributed by atoms with Crippen LogP contribution in [0.2, 0.25) is 0 Å². The summed E-state index contributed by atoms with van der Waals surface area (Å²) in [6.07, 6.45) is 2.64. The van der Waals surface area contributed by atoms with Gasteiger partial charge in [-0.25, -0.2) is 17.2 Å². The first-order valence-corrected chi connectivity index (χ1v) is 12.6. The van der Waals surface area contributed by atoms with Crippen LogP contribution in [0.1, 0.15) is 12.8 Å². The van der Waals surface area contributed by atoms with E-state index in [1.54, 1.807) is 30.1 Å². The SMILES string of the molecule is CSCCC(NS(=O)(=O)c1ccccc1F)C(=O)NCCCN(C)c1ccccc1F. The lowest BCUT2D eigenvalue weighted by Crippen LogP contribution is -2.47. The third-order valence-electron chi connectivity index (χ3n) is 4.58. The van der Waals surface area contributed by atoms with Gasteiger partial charge in [-0.05, 0) is 49.1 Å². The number of carbonyl (C=O) groups is 1. The zero-order valence-electron chi connectivity index (χ0n) is 17.5. The highest BCUT2D eigenvalue weighted by molar-refractivity contribution is 7.98. The molecule has 0 heterocycles.